The number of aliphatic hydroxyl groups is 1. The van der Waals surface area contributed by atoms with Crippen LogP contribution in [0.15, 0.2) is 24.3 Å². The minimum atomic E-state index is -0.427. The van der Waals surface area contributed by atoms with E-state index in [0.29, 0.717) is 5.92 Å². The van der Waals surface area contributed by atoms with Crippen molar-refractivity contribution in [2.24, 2.45) is 5.92 Å². The number of ether oxygens (including phenoxy) is 1. The number of hydrogen-bond acceptors (Lipinski definition) is 3. The summed E-state index contributed by atoms with van der Waals surface area (Å²) in [5.74, 6) is 0.599. The fourth-order valence-corrected chi connectivity index (χ4v) is 2.02. The van der Waals surface area contributed by atoms with Gasteiger partial charge in [0, 0.05) is 30.3 Å². The molecule has 3 nitrogen and oxygen atoms in total. The highest BCUT2D eigenvalue weighted by molar-refractivity contribution is 5.52. The van der Waals surface area contributed by atoms with Crippen LogP contribution in [-0.2, 0) is 4.74 Å². The van der Waals surface area contributed by atoms with Crippen LogP contribution in [0.2, 0.25) is 0 Å². The van der Waals surface area contributed by atoms with Crippen molar-refractivity contribution in [3.05, 3.63) is 29.8 Å². The van der Waals surface area contributed by atoms with Gasteiger partial charge in [-0.2, -0.15) is 0 Å². The highest BCUT2D eigenvalue weighted by Gasteiger charge is 2.16. The molecule has 1 saturated heterocycles. The Morgan fingerprint density at radius 3 is 3.00 bits per heavy atom. The molecule has 0 bridgehead atoms. The van der Waals surface area contributed by atoms with Crippen molar-refractivity contribution in [2.75, 3.05) is 25.1 Å². The maximum atomic E-state index is 9.63. The van der Waals surface area contributed by atoms with E-state index in [9.17, 15) is 5.11 Å². The molecule has 0 spiro atoms. The van der Waals surface area contributed by atoms with Gasteiger partial charge in [-0.25, -0.2) is 0 Å². The van der Waals surface area contributed by atoms with Gasteiger partial charge in [0.2, 0.25) is 0 Å². The topological polar surface area (TPSA) is 41.5 Å². The Labute approximate surface area is 96.4 Å². The normalized spacial score (nSPS) is 22.0. The maximum absolute atomic E-state index is 9.63. The lowest BCUT2D eigenvalue weighted by Gasteiger charge is -2.15. The van der Waals surface area contributed by atoms with E-state index in [0.717, 1.165) is 37.4 Å². The summed E-state index contributed by atoms with van der Waals surface area (Å²) in [7, 11) is 0. The molecule has 0 aliphatic carbocycles. The summed E-state index contributed by atoms with van der Waals surface area (Å²) in [6.07, 6.45) is 0.702. The van der Waals surface area contributed by atoms with Crippen LogP contribution in [0, 0.1) is 5.92 Å². The van der Waals surface area contributed by atoms with Crippen LogP contribution >= 0.6 is 0 Å². The Balaban J connectivity index is 1.97. The van der Waals surface area contributed by atoms with Crippen LogP contribution in [0.25, 0.3) is 0 Å². The Morgan fingerprint density at radius 2 is 2.31 bits per heavy atom. The largest absolute Gasteiger partial charge is 0.389 e. The first kappa shape index (κ1) is 11.4. The predicted molar refractivity (Wildman–Crippen MR) is 64.5 cm³/mol. The first-order valence-electron chi connectivity index (χ1n) is 5.86. The van der Waals surface area contributed by atoms with Crippen molar-refractivity contribution in [1.82, 2.24) is 0 Å². The average Bonchev–Trinajstić information content (AvgIpc) is 2.79. The monoisotopic (exact) mass is 221 g/mol. The molecule has 2 rings (SSSR count). The molecule has 1 aliphatic rings. The molecule has 88 valence electrons. The Morgan fingerprint density at radius 1 is 1.50 bits per heavy atom. The van der Waals surface area contributed by atoms with Gasteiger partial charge in [-0.15, -0.1) is 0 Å². The molecule has 1 aliphatic heterocycles. The molecule has 1 fully saturated rings. The van der Waals surface area contributed by atoms with Gasteiger partial charge in [-0.1, -0.05) is 18.2 Å². The molecule has 16 heavy (non-hydrogen) atoms. The average molecular weight is 221 g/mol. The van der Waals surface area contributed by atoms with Crippen LogP contribution in [0.4, 0.5) is 5.69 Å². The second kappa shape index (κ2) is 5.32. The summed E-state index contributed by atoms with van der Waals surface area (Å²) in [6.45, 7) is 4.44. The minimum Gasteiger partial charge on any atom is -0.389 e. The van der Waals surface area contributed by atoms with Crippen molar-refractivity contribution in [1.29, 1.82) is 0 Å². The molecule has 0 radical (unpaired) electrons. The molecule has 2 atom stereocenters. The molecule has 2 unspecified atom stereocenters. The summed E-state index contributed by atoms with van der Waals surface area (Å²) in [5.41, 5.74) is 1.99. The van der Waals surface area contributed by atoms with E-state index >= 15 is 0 Å². The third-order valence-electron chi connectivity index (χ3n) is 3.02. The van der Waals surface area contributed by atoms with Crippen molar-refractivity contribution < 1.29 is 9.84 Å². The number of nitrogens with one attached hydrogen (secondary N) is 1. The van der Waals surface area contributed by atoms with Gasteiger partial charge >= 0.3 is 0 Å². The standard InChI is InChI=1S/C13H19NO2/c1-10(15)12-4-2-3-5-13(12)14-8-11-6-7-16-9-11/h2-5,10-11,14-15H,6-9H2,1H3. The van der Waals surface area contributed by atoms with E-state index in [4.69, 9.17) is 4.74 Å². The van der Waals surface area contributed by atoms with Crippen molar-refractivity contribution in [2.45, 2.75) is 19.4 Å². The van der Waals surface area contributed by atoms with Crippen molar-refractivity contribution >= 4 is 5.69 Å². The summed E-state index contributed by atoms with van der Waals surface area (Å²) in [6, 6.07) is 7.90. The van der Waals surface area contributed by atoms with Crippen LogP contribution in [-0.4, -0.2) is 24.9 Å². The van der Waals surface area contributed by atoms with E-state index in [1.807, 2.05) is 24.3 Å². The molecule has 0 saturated carbocycles. The second-order valence-electron chi connectivity index (χ2n) is 4.37. The number of para-hydroxylation sites is 1. The molecule has 0 amide bonds. The van der Waals surface area contributed by atoms with Gasteiger partial charge in [0.05, 0.1) is 12.7 Å². The van der Waals surface area contributed by atoms with E-state index in [2.05, 4.69) is 5.32 Å². The van der Waals surface area contributed by atoms with Gasteiger partial charge in [0.15, 0.2) is 0 Å². The van der Waals surface area contributed by atoms with Crippen LogP contribution < -0.4 is 5.32 Å². The molecule has 1 aromatic carbocycles. The third kappa shape index (κ3) is 2.74. The van der Waals surface area contributed by atoms with E-state index in [-0.39, 0.29) is 0 Å². The van der Waals surface area contributed by atoms with E-state index in [1.165, 1.54) is 0 Å². The molecule has 1 aromatic rings. The quantitative estimate of drug-likeness (QED) is 0.819. The fourth-order valence-electron chi connectivity index (χ4n) is 2.02. The molecule has 2 N–H and O–H groups in total. The Kier molecular flexibility index (Phi) is 3.80. The first-order chi connectivity index (χ1) is 7.77. The number of anilines is 1. The SMILES string of the molecule is CC(O)c1ccccc1NCC1CCOC1. The smallest absolute Gasteiger partial charge is 0.0781 e. The third-order valence-corrected chi connectivity index (χ3v) is 3.02. The number of hydrogen-bond donors (Lipinski definition) is 2. The molecule has 1 heterocycles. The number of rotatable bonds is 4. The Bertz CT molecular complexity index is 332. The van der Waals surface area contributed by atoms with Crippen LogP contribution in [0.3, 0.4) is 0 Å². The zero-order valence-electron chi connectivity index (χ0n) is 9.65. The molecule has 0 aromatic heterocycles. The lowest BCUT2D eigenvalue weighted by molar-refractivity contribution is 0.187. The van der Waals surface area contributed by atoms with Gasteiger partial charge in [-0.05, 0) is 19.4 Å². The zero-order valence-corrected chi connectivity index (χ0v) is 9.65. The van der Waals surface area contributed by atoms with Crippen LogP contribution in [0.1, 0.15) is 25.0 Å². The summed E-state index contributed by atoms with van der Waals surface area (Å²) in [4.78, 5) is 0. The molecule has 3 heteroatoms. The van der Waals surface area contributed by atoms with Crippen LogP contribution in [0.5, 0.6) is 0 Å². The van der Waals surface area contributed by atoms with E-state index in [1.54, 1.807) is 6.92 Å². The van der Waals surface area contributed by atoms with Gasteiger partial charge in [-0.3, -0.25) is 0 Å². The van der Waals surface area contributed by atoms with Crippen molar-refractivity contribution in [3.8, 4) is 0 Å². The number of aliphatic hydroxyl groups excluding tert-OH is 1. The van der Waals surface area contributed by atoms with Gasteiger partial charge in [0.25, 0.3) is 0 Å². The zero-order chi connectivity index (χ0) is 11.4. The molecular formula is C13H19NO2. The predicted octanol–water partition coefficient (Wildman–Crippen LogP) is 2.19. The summed E-state index contributed by atoms with van der Waals surface area (Å²) >= 11 is 0. The number of benzene rings is 1. The lowest BCUT2D eigenvalue weighted by atomic mass is 10.1. The first-order valence-corrected chi connectivity index (χ1v) is 5.86. The van der Waals surface area contributed by atoms with Crippen molar-refractivity contribution in [3.63, 3.8) is 0 Å². The fraction of sp³-hybridized carbons (Fsp3) is 0.538. The second-order valence-corrected chi connectivity index (χ2v) is 4.37. The minimum absolute atomic E-state index is 0.427. The van der Waals surface area contributed by atoms with Gasteiger partial charge < -0.3 is 15.2 Å². The summed E-state index contributed by atoms with van der Waals surface area (Å²) < 4.78 is 5.33. The highest BCUT2D eigenvalue weighted by Crippen LogP contribution is 2.23. The Hall–Kier alpha value is -1.06. The summed E-state index contributed by atoms with van der Waals surface area (Å²) in [5, 5.41) is 13.0. The maximum Gasteiger partial charge on any atom is 0.0781 e. The molecular weight excluding hydrogens is 202 g/mol. The lowest BCUT2D eigenvalue weighted by Crippen LogP contribution is -2.15. The van der Waals surface area contributed by atoms with Gasteiger partial charge in [0.1, 0.15) is 0 Å². The highest BCUT2D eigenvalue weighted by atomic mass is 16.5. The van der Waals surface area contributed by atoms with E-state index < -0.39 is 6.10 Å².